The minimum atomic E-state index is -0.505. The largest absolute Gasteiger partial charge is 0.496 e. The van der Waals surface area contributed by atoms with Gasteiger partial charge in [-0.3, -0.25) is 0 Å². The van der Waals surface area contributed by atoms with Crippen molar-refractivity contribution in [3.63, 3.8) is 0 Å². The average molecular weight is 249 g/mol. The second kappa shape index (κ2) is 5.61. The van der Waals surface area contributed by atoms with Gasteiger partial charge in [0.25, 0.3) is 0 Å². The highest BCUT2D eigenvalue weighted by Gasteiger charge is 2.27. The maximum atomic E-state index is 10.0. The Morgan fingerprint density at radius 2 is 2.28 bits per heavy atom. The van der Waals surface area contributed by atoms with Gasteiger partial charge >= 0.3 is 0 Å². The normalized spacial score (nSPS) is 21.1. The van der Waals surface area contributed by atoms with Gasteiger partial charge in [-0.05, 0) is 38.3 Å². The molecule has 1 heterocycles. The molecule has 1 fully saturated rings. The van der Waals surface area contributed by atoms with Crippen LogP contribution in [0.3, 0.4) is 0 Å². The van der Waals surface area contributed by atoms with Crippen molar-refractivity contribution in [3.8, 4) is 5.75 Å². The Labute approximate surface area is 109 Å². The van der Waals surface area contributed by atoms with Crippen LogP contribution in [0.4, 0.5) is 5.69 Å². The number of ether oxygens (including phenoxy) is 1. The fourth-order valence-corrected chi connectivity index (χ4v) is 2.96. The Morgan fingerprint density at radius 1 is 1.50 bits per heavy atom. The molecule has 0 amide bonds. The van der Waals surface area contributed by atoms with Crippen molar-refractivity contribution in [3.05, 3.63) is 23.8 Å². The second-order valence-corrected chi connectivity index (χ2v) is 4.97. The van der Waals surface area contributed by atoms with Gasteiger partial charge in [0.15, 0.2) is 0 Å². The topological polar surface area (TPSA) is 32.7 Å². The van der Waals surface area contributed by atoms with Gasteiger partial charge in [-0.25, -0.2) is 0 Å². The average Bonchev–Trinajstić information content (AvgIpc) is 2.85. The lowest BCUT2D eigenvalue weighted by atomic mass is 10.0. The Bertz CT molecular complexity index is 403. The van der Waals surface area contributed by atoms with E-state index in [1.54, 1.807) is 14.0 Å². The van der Waals surface area contributed by atoms with Crippen molar-refractivity contribution in [1.29, 1.82) is 0 Å². The summed E-state index contributed by atoms with van der Waals surface area (Å²) >= 11 is 0. The summed E-state index contributed by atoms with van der Waals surface area (Å²) in [4.78, 5) is 2.42. The fraction of sp³-hybridized carbons (Fsp3) is 0.600. The first-order valence-electron chi connectivity index (χ1n) is 6.80. The molecule has 0 aliphatic carbocycles. The molecule has 2 atom stereocenters. The highest BCUT2D eigenvalue weighted by molar-refractivity contribution is 5.61. The molecule has 0 spiro atoms. The van der Waals surface area contributed by atoms with Crippen LogP contribution in [-0.4, -0.2) is 24.8 Å². The molecule has 0 saturated carbocycles. The van der Waals surface area contributed by atoms with E-state index in [0.717, 1.165) is 30.0 Å². The maximum Gasteiger partial charge on any atom is 0.126 e. The van der Waals surface area contributed by atoms with Gasteiger partial charge < -0.3 is 14.7 Å². The number of aliphatic hydroxyl groups excluding tert-OH is 1. The fourth-order valence-electron chi connectivity index (χ4n) is 2.96. The summed E-state index contributed by atoms with van der Waals surface area (Å²) in [5.41, 5.74) is 2.05. The van der Waals surface area contributed by atoms with Crippen LogP contribution in [0.25, 0.3) is 0 Å². The van der Waals surface area contributed by atoms with E-state index in [1.165, 1.54) is 12.8 Å². The summed E-state index contributed by atoms with van der Waals surface area (Å²) in [6.07, 6.45) is 3.12. The van der Waals surface area contributed by atoms with Crippen LogP contribution in [0.5, 0.6) is 5.75 Å². The molecule has 1 N–H and O–H groups in total. The number of aliphatic hydroxyl groups is 1. The van der Waals surface area contributed by atoms with Crippen molar-refractivity contribution < 1.29 is 9.84 Å². The smallest absolute Gasteiger partial charge is 0.126 e. The Balaban J connectivity index is 2.43. The number of anilines is 1. The summed E-state index contributed by atoms with van der Waals surface area (Å²) in [7, 11) is 1.66. The second-order valence-electron chi connectivity index (χ2n) is 4.97. The molecule has 3 heteroatoms. The molecule has 1 aromatic rings. The van der Waals surface area contributed by atoms with E-state index in [2.05, 4.69) is 17.9 Å². The summed E-state index contributed by atoms with van der Waals surface area (Å²) in [6, 6.07) is 6.61. The van der Waals surface area contributed by atoms with Crippen LogP contribution in [0.1, 0.15) is 44.8 Å². The summed E-state index contributed by atoms with van der Waals surface area (Å²) < 4.78 is 5.39. The minimum absolute atomic E-state index is 0.505. The molecule has 0 radical (unpaired) electrons. The summed E-state index contributed by atoms with van der Waals surface area (Å²) in [6.45, 7) is 5.11. The molecule has 1 aromatic carbocycles. The first kappa shape index (κ1) is 13.2. The molecule has 0 aromatic heterocycles. The zero-order valence-corrected chi connectivity index (χ0v) is 11.5. The number of hydrogen-bond donors (Lipinski definition) is 1. The van der Waals surface area contributed by atoms with Gasteiger partial charge in [-0.15, -0.1) is 0 Å². The number of nitrogens with zero attached hydrogens (tertiary/aromatic N) is 1. The van der Waals surface area contributed by atoms with Gasteiger partial charge in [-0.2, -0.15) is 0 Å². The van der Waals surface area contributed by atoms with E-state index in [-0.39, 0.29) is 0 Å². The van der Waals surface area contributed by atoms with E-state index in [0.29, 0.717) is 6.04 Å². The van der Waals surface area contributed by atoms with E-state index in [4.69, 9.17) is 4.74 Å². The van der Waals surface area contributed by atoms with Crippen molar-refractivity contribution in [2.75, 3.05) is 18.6 Å². The van der Waals surface area contributed by atoms with Gasteiger partial charge in [-0.1, -0.05) is 13.0 Å². The van der Waals surface area contributed by atoms with Crippen molar-refractivity contribution in [1.82, 2.24) is 0 Å². The quantitative estimate of drug-likeness (QED) is 0.890. The molecule has 2 unspecified atom stereocenters. The lowest BCUT2D eigenvalue weighted by Crippen LogP contribution is -2.29. The summed E-state index contributed by atoms with van der Waals surface area (Å²) in [5.74, 6) is 0.782. The van der Waals surface area contributed by atoms with E-state index >= 15 is 0 Å². The molecule has 3 nitrogen and oxygen atoms in total. The Hall–Kier alpha value is -1.22. The summed E-state index contributed by atoms with van der Waals surface area (Å²) in [5, 5.41) is 10.0. The first-order chi connectivity index (χ1) is 8.69. The third-order valence-corrected chi connectivity index (χ3v) is 3.84. The number of benzene rings is 1. The molecule has 1 aliphatic rings. The van der Waals surface area contributed by atoms with Gasteiger partial charge in [0.05, 0.1) is 13.2 Å². The standard InChI is InChI=1S/C15H23NO2/c1-4-12-7-6-10-16(12)13-8-5-9-14(18-3)15(13)11(2)17/h5,8-9,11-12,17H,4,6-7,10H2,1-3H3. The van der Waals surface area contributed by atoms with Gasteiger partial charge in [0.2, 0.25) is 0 Å². The van der Waals surface area contributed by atoms with Crippen molar-refractivity contribution >= 4 is 5.69 Å². The molecule has 100 valence electrons. The molecule has 0 bridgehead atoms. The Morgan fingerprint density at radius 3 is 2.89 bits per heavy atom. The predicted octanol–water partition coefficient (Wildman–Crippen LogP) is 3.13. The van der Waals surface area contributed by atoms with E-state index in [9.17, 15) is 5.11 Å². The van der Waals surface area contributed by atoms with Crippen LogP contribution in [0.2, 0.25) is 0 Å². The lowest BCUT2D eigenvalue weighted by molar-refractivity contribution is 0.194. The number of methoxy groups -OCH3 is 1. The lowest BCUT2D eigenvalue weighted by Gasteiger charge is -2.29. The highest BCUT2D eigenvalue weighted by atomic mass is 16.5. The molecular weight excluding hydrogens is 226 g/mol. The van der Waals surface area contributed by atoms with E-state index in [1.807, 2.05) is 12.1 Å². The van der Waals surface area contributed by atoms with Crippen molar-refractivity contribution in [2.45, 2.75) is 45.3 Å². The zero-order chi connectivity index (χ0) is 13.1. The number of hydrogen-bond acceptors (Lipinski definition) is 3. The maximum absolute atomic E-state index is 10.0. The van der Waals surface area contributed by atoms with Crippen LogP contribution < -0.4 is 9.64 Å². The van der Waals surface area contributed by atoms with Crippen LogP contribution >= 0.6 is 0 Å². The minimum Gasteiger partial charge on any atom is -0.496 e. The van der Waals surface area contributed by atoms with Crippen LogP contribution in [-0.2, 0) is 0 Å². The molecule has 18 heavy (non-hydrogen) atoms. The predicted molar refractivity (Wildman–Crippen MR) is 74.3 cm³/mol. The molecular formula is C15H23NO2. The SMILES string of the molecule is CCC1CCCN1c1cccc(OC)c1C(C)O. The van der Waals surface area contributed by atoms with Crippen LogP contribution in [0.15, 0.2) is 18.2 Å². The first-order valence-corrected chi connectivity index (χ1v) is 6.80. The third kappa shape index (κ3) is 2.32. The Kier molecular flexibility index (Phi) is 4.12. The highest BCUT2D eigenvalue weighted by Crippen LogP contribution is 2.38. The zero-order valence-electron chi connectivity index (χ0n) is 11.5. The monoisotopic (exact) mass is 249 g/mol. The van der Waals surface area contributed by atoms with Gasteiger partial charge in [0, 0.05) is 23.8 Å². The van der Waals surface area contributed by atoms with Gasteiger partial charge in [0.1, 0.15) is 5.75 Å². The third-order valence-electron chi connectivity index (χ3n) is 3.84. The molecule has 1 saturated heterocycles. The van der Waals surface area contributed by atoms with Crippen LogP contribution in [0, 0.1) is 0 Å². The van der Waals surface area contributed by atoms with Crippen molar-refractivity contribution in [2.24, 2.45) is 0 Å². The van der Waals surface area contributed by atoms with E-state index < -0.39 is 6.10 Å². The number of rotatable bonds is 4. The molecule has 1 aliphatic heterocycles. The molecule has 2 rings (SSSR count).